The summed E-state index contributed by atoms with van der Waals surface area (Å²) < 4.78 is 11.4. The predicted octanol–water partition coefficient (Wildman–Crippen LogP) is 2.05. The highest BCUT2D eigenvalue weighted by Gasteiger charge is 2.36. The van der Waals surface area contributed by atoms with Crippen LogP contribution < -0.4 is 4.74 Å². The number of nitriles is 1. The highest BCUT2D eigenvalue weighted by atomic mass is 16.5. The molecular weight excluding hydrogens is 252 g/mol. The number of hydrogen-bond donors (Lipinski definition) is 0. The van der Waals surface area contributed by atoms with E-state index in [4.69, 9.17) is 14.7 Å². The molecule has 0 amide bonds. The smallest absolute Gasteiger partial charge is 0.119 e. The van der Waals surface area contributed by atoms with Crippen LogP contribution in [0.4, 0.5) is 0 Å². The van der Waals surface area contributed by atoms with Crippen LogP contribution in [-0.2, 0) is 4.74 Å². The topological polar surface area (TPSA) is 45.5 Å². The van der Waals surface area contributed by atoms with Gasteiger partial charge in [0, 0.05) is 19.1 Å². The third kappa shape index (κ3) is 3.30. The summed E-state index contributed by atoms with van der Waals surface area (Å²) in [6, 6.07) is 9.99. The van der Waals surface area contributed by atoms with Gasteiger partial charge in [0.25, 0.3) is 0 Å². The van der Waals surface area contributed by atoms with Gasteiger partial charge < -0.3 is 9.47 Å². The Kier molecular flexibility index (Phi) is 4.19. The largest absolute Gasteiger partial charge is 0.492 e. The summed E-state index contributed by atoms with van der Waals surface area (Å²) in [6.45, 7) is 4.36. The van der Waals surface area contributed by atoms with Gasteiger partial charge in [0.1, 0.15) is 12.4 Å². The molecule has 1 saturated heterocycles. The summed E-state index contributed by atoms with van der Waals surface area (Å²) in [5.74, 6) is 1.67. The fraction of sp³-hybridized carbons (Fsp3) is 0.562. The number of hydrogen-bond acceptors (Lipinski definition) is 4. The summed E-state index contributed by atoms with van der Waals surface area (Å²) in [5.41, 5.74) is 0.666. The first kappa shape index (κ1) is 13.4. The zero-order valence-electron chi connectivity index (χ0n) is 11.6. The van der Waals surface area contributed by atoms with Gasteiger partial charge in [-0.25, -0.2) is 0 Å². The fourth-order valence-electron chi connectivity index (χ4n) is 2.76. The van der Waals surface area contributed by atoms with Gasteiger partial charge in [-0.3, -0.25) is 4.90 Å². The lowest BCUT2D eigenvalue weighted by molar-refractivity contribution is -0.0201. The van der Waals surface area contributed by atoms with Gasteiger partial charge in [0.2, 0.25) is 0 Å². The second-order valence-corrected chi connectivity index (χ2v) is 5.50. The van der Waals surface area contributed by atoms with Crippen LogP contribution in [0.1, 0.15) is 18.4 Å². The molecule has 0 radical (unpaired) electrons. The maximum Gasteiger partial charge on any atom is 0.119 e. The molecule has 1 heterocycles. The fourth-order valence-corrected chi connectivity index (χ4v) is 2.76. The van der Waals surface area contributed by atoms with E-state index in [0.717, 1.165) is 38.0 Å². The van der Waals surface area contributed by atoms with E-state index < -0.39 is 0 Å². The molecule has 4 heteroatoms. The average molecular weight is 272 g/mol. The molecule has 2 aliphatic rings. The molecule has 0 aromatic heterocycles. The summed E-state index contributed by atoms with van der Waals surface area (Å²) in [5, 5.41) is 8.75. The van der Waals surface area contributed by atoms with E-state index in [2.05, 4.69) is 11.0 Å². The molecule has 1 saturated carbocycles. The molecule has 1 aromatic carbocycles. The van der Waals surface area contributed by atoms with Gasteiger partial charge in [0.15, 0.2) is 0 Å². The summed E-state index contributed by atoms with van der Waals surface area (Å²) in [4.78, 5) is 2.50. The average Bonchev–Trinajstić information content (AvgIpc) is 3.33. The van der Waals surface area contributed by atoms with E-state index in [1.54, 1.807) is 12.1 Å². The van der Waals surface area contributed by atoms with Crippen molar-refractivity contribution in [1.82, 2.24) is 4.90 Å². The zero-order chi connectivity index (χ0) is 13.8. The van der Waals surface area contributed by atoms with E-state index in [-0.39, 0.29) is 0 Å². The summed E-state index contributed by atoms with van der Waals surface area (Å²) >= 11 is 0. The van der Waals surface area contributed by atoms with E-state index in [1.807, 2.05) is 12.1 Å². The Hall–Kier alpha value is -1.57. The lowest BCUT2D eigenvalue weighted by Crippen LogP contribution is -2.48. The molecule has 0 unspecified atom stereocenters. The number of ether oxygens (including phenoxy) is 2. The minimum atomic E-state index is 0.591. The van der Waals surface area contributed by atoms with Crippen LogP contribution >= 0.6 is 0 Å². The number of morpholine rings is 1. The lowest BCUT2D eigenvalue weighted by Gasteiger charge is -2.35. The number of nitrogens with zero attached hydrogens (tertiary/aromatic N) is 2. The molecule has 1 aromatic rings. The van der Waals surface area contributed by atoms with Gasteiger partial charge in [0.05, 0.1) is 24.8 Å². The molecule has 1 aliphatic heterocycles. The monoisotopic (exact) mass is 272 g/mol. The Balaban J connectivity index is 1.47. The molecule has 3 rings (SSSR count). The third-order valence-electron chi connectivity index (χ3n) is 4.08. The van der Waals surface area contributed by atoms with Crippen LogP contribution in [0.15, 0.2) is 24.3 Å². The van der Waals surface area contributed by atoms with E-state index in [9.17, 15) is 0 Å². The van der Waals surface area contributed by atoms with Crippen molar-refractivity contribution in [3.63, 3.8) is 0 Å². The molecular formula is C16H20N2O2. The van der Waals surface area contributed by atoms with Crippen LogP contribution in [0, 0.1) is 17.2 Å². The van der Waals surface area contributed by atoms with Crippen LogP contribution in [0.3, 0.4) is 0 Å². The summed E-state index contributed by atoms with van der Waals surface area (Å²) in [7, 11) is 0. The van der Waals surface area contributed by atoms with Crippen LogP contribution in [0.5, 0.6) is 5.75 Å². The van der Waals surface area contributed by atoms with Crippen molar-refractivity contribution in [3.8, 4) is 11.8 Å². The third-order valence-corrected chi connectivity index (χ3v) is 4.08. The number of rotatable bonds is 5. The minimum absolute atomic E-state index is 0.591. The standard InChI is InChI=1S/C16H20N2O2/c17-11-13-1-5-15(6-2-13)20-10-8-18-7-9-19-12-16(18)14-3-4-14/h1-2,5-6,14,16H,3-4,7-10,12H2/t16-/m0/s1. The molecule has 4 nitrogen and oxygen atoms in total. The van der Waals surface area contributed by atoms with Crippen LogP contribution in [0.25, 0.3) is 0 Å². The maximum absolute atomic E-state index is 8.75. The first-order chi connectivity index (χ1) is 9.86. The Morgan fingerprint density at radius 2 is 2.10 bits per heavy atom. The van der Waals surface area contributed by atoms with Crippen molar-refractivity contribution in [2.24, 2.45) is 5.92 Å². The predicted molar refractivity (Wildman–Crippen MR) is 75.6 cm³/mol. The second-order valence-electron chi connectivity index (χ2n) is 5.50. The van der Waals surface area contributed by atoms with Gasteiger partial charge in [-0.05, 0) is 43.0 Å². The molecule has 2 fully saturated rings. The first-order valence-electron chi connectivity index (χ1n) is 7.31. The van der Waals surface area contributed by atoms with E-state index in [1.165, 1.54) is 12.8 Å². The van der Waals surface area contributed by atoms with E-state index in [0.29, 0.717) is 18.2 Å². The van der Waals surface area contributed by atoms with Crippen molar-refractivity contribution >= 4 is 0 Å². The highest BCUT2D eigenvalue weighted by Crippen LogP contribution is 2.36. The van der Waals surface area contributed by atoms with Crippen molar-refractivity contribution in [2.45, 2.75) is 18.9 Å². The van der Waals surface area contributed by atoms with Crippen molar-refractivity contribution in [3.05, 3.63) is 29.8 Å². The normalized spacial score (nSPS) is 23.2. The Bertz CT molecular complexity index is 476. The second kappa shape index (κ2) is 6.25. The van der Waals surface area contributed by atoms with Gasteiger partial charge in [-0.2, -0.15) is 5.26 Å². The maximum atomic E-state index is 8.75. The van der Waals surface area contributed by atoms with Crippen molar-refractivity contribution in [2.75, 3.05) is 32.9 Å². The lowest BCUT2D eigenvalue weighted by atomic mass is 10.1. The Morgan fingerprint density at radius 1 is 1.30 bits per heavy atom. The highest BCUT2D eigenvalue weighted by molar-refractivity contribution is 5.34. The molecule has 0 spiro atoms. The molecule has 1 aliphatic carbocycles. The summed E-state index contributed by atoms with van der Waals surface area (Å²) in [6.07, 6.45) is 2.70. The Morgan fingerprint density at radius 3 is 2.80 bits per heavy atom. The van der Waals surface area contributed by atoms with Crippen molar-refractivity contribution in [1.29, 1.82) is 5.26 Å². The Labute approximate surface area is 119 Å². The van der Waals surface area contributed by atoms with Crippen molar-refractivity contribution < 1.29 is 9.47 Å². The van der Waals surface area contributed by atoms with Crippen LogP contribution in [0.2, 0.25) is 0 Å². The first-order valence-corrected chi connectivity index (χ1v) is 7.31. The molecule has 20 heavy (non-hydrogen) atoms. The zero-order valence-corrected chi connectivity index (χ0v) is 11.6. The quantitative estimate of drug-likeness (QED) is 0.823. The van der Waals surface area contributed by atoms with Gasteiger partial charge in [-0.15, -0.1) is 0 Å². The minimum Gasteiger partial charge on any atom is -0.492 e. The molecule has 1 atom stereocenters. The van der Waals surface area contributed by atoms with Gasteiger partial charge >= 0.3 is 0 Å². The SMILES string of the molecule is N#Cc1ccc(OCCN2CCOC[C@H]2C2CC2)cc1. The molecule has 0 bridgehead atoms. The van der Waals surface area contributed by atoms with Crippen LogP contribution in [-0.4, -0.2) is 43.9 Å². The van der Waals surface area contributed by atoms with E-state index >= 15 is 0 Å². The molecule has 0 N–H and O–H groups in total. The molecule has 106 valence electrons. The number of benzene rings is 1. The van der Waals surface area contributed by atoms with Gasteiger partial charge in [-0.1, -0.05) is 0 Å².